The number of hydrogen-bond donors (Lipinski definition) is 4. The van der Waals surface area contributed by atoms with E-state index in [1.807, 2.05) is 13.8 Å². The predicted molar refractivity (Wildman–Crippen MR) is 69.3 cm³/mol. The molecule has 1 atom stereocenters. The van der Waals surface area contributed by atoms with Gasteiger partial charge in [0.25, 0.3) is 0 Å². The van der Waals surface area contributed by atoms with E-state index in [0.717, 1.165) is 0 Å². The topological polar surface area (TPSA) is 80.9 Å². The van der Waals surface area contributed by atoms with Crippen molar-refractivity contribution in [1.82, 2.24) is 0 Å². The van der Waals surface area contributed by atoms with Crippen LogP contribution in [-0.2, 0) is 0 Å². The van der Waals surface area contributed by atoms with Gasteiger partial charge in [0.05, 0.1) is 19.3 Å². The van der Waals surface area contributed by atoms with Gasteiger partial charge in [0.15, 0.2) is 0 Å². The molecule has 16 heavy (non-hydrogen) atoms. The summed E-state index contributed by atoms with van der Waals surface area (Å²) < 4.78 is 0. The highest BCUT2D eigenvalue weighted by Crippen LogP contribution is 1.83. The molecule has 0 rings (SSSR count). The maximum absolute atomic E-state index is 8.39. The molecule has 0 spiro atoms. The number of allylic oxidation sites excluding steroid dienone is 2. The Hall–Kier alpha value is -0.680. The number of hydrogen-bond acceptors (Lipinski definition) is 4. The second kappa shape index (κ2) is 36.7. The molecule has 0 aliphatic heterocycles. The van der Waals surface area contributed by atoms with E-state index in [0.29, 0.717) is 6.42 Å². The first-order valence-electron chi connectivity index (χ1n) is 5.16. The van der Waals surface area contributed by atoms with Crippen LogP contribution in [0, 0.1) is 0 Å². The van der Waals surface area contributed by atoms with Gasteiger partial charge >= 0.3 is 0 Å². The Labute approximate surface area is 99.6 Å². The van der Waals surface area contributed by atoms with Crippen LogP contribution in [-0.4, -0.2) is 46.4 Å². The van der Waals surface area contributed by atoms with Crippen LogP contribution in [0.1, 0.15) is 27.2 Å². The van der Waals surface area contributed by atoms with Crippen molar-refractivity contribution in [3.8, 4) is 0 Å². The van der Waals surface area contributed by atoms with E-state index in [4.69, 9.17) is 20.4 Å². The van der Waals surface area contributed by atoms with Gasteiger partial charge in [-0.15, -0.1) is 13.2 Å². The molecule has 0 aliphatic rings. The molecule has 0 aromatic carbocycles. The van der Waals surface area contributed by atoms with Gasteiger partial charge in [-0.2, -0.15) is 0 Å². The largest absolute Gasteiger partial charge is 0.396 e. The predicted octanol–water partition coefficient (Wildman–Crippen LogP) is 1.11. The minimum absolute atomic E-state index is 0.0810. The Morgan fingerprint density at radius 2 is 1.19 bits per heavy atom. The highest BCUT2D eigenvalue weighted by molar-refractivity contribution is 4.52. The van der Waals surface area contributed by atoms with Crippen LogP contribution >= 0.6 is 0 Å². The SMILES string of the molecule is C=CC.C=CC.CC(O)CCO.OCCO. The van der Waals surface area contributed by atoms with Gasteiger partial charge in [0.1, 0.15) is 0 Å². The van der Waals surface area contributed by atoms with Gasteiger partial charge in [-0.3, -0.25) is 0 Å². The zero-order valence-corrected chi connectivity index (χ0v) is 10.8. The van der Waals surface area contributed by atoms with Crippen molar-refractivity contribution in [1.29, 1.82) is 0 Å². The lowest BCUT2D eigenvalue weighted by atomic mass is 10.3. The molecule has 0 aromatic rings. The molecule has 0 aromatic heterocycles. The van der Waals surface area contributed by atoms with E-state index in [1.54, 1.807) is 19.1 Å². The van der Waals surface area contributed by atoms with E-state index < -0.39 is 0 Å². The zero-order valence-electron chi connectivity index (χ0n) is 10.8. The fourth-order valence-electron chi connectivity index (χ4n) is 0.187. The Morgan fingerprint density at radius 1 is 0.938 bits per heavy atom. The van der Waals surface area contributed by atoms with Gasteiger partial charge in [0, 0.05) is 6.61 Å². The van der Waals surface area contributed by atoms with E-state index >= 15 is 0 Å². The van der Waals surface area contributed by atoms with Crippen molar-refractivity contribution in [2.24, 2.45) is 0 Å². The summed E-state index contributed by atoms with van der Waals surface area (Å²) in [5.41, 5.74) is 0. The molecule has 4 nitrogen and oxygen atoms in total. The van der Waals surface area contributed by atoms with Gasteiger partial charge in [-0.05, 0) is 27.2 Å². The third-order valence-electron chi connectivity index (χ3n) is 0.647. The van der Waals surface area contributed by atoms with Crippen LogP contribution in [0.15, 0.2) is 25.3 Å². The summed E-state index contributed by atoms with van der Waals surface area (Å²) >= 11 is 0. The molecule has 0 saturated heterocycles. The highest BCUT2D eigenvalue weighted by Gasteiger charge is 1.88. The van der Waals surface area contributed by atoms with Crippen molar-refractivity contribution in [2.45, 2.75) is 33.3 Å². The van der Waals surface area contributed by atoms with Crippen LogP contribution < -0.4 is 0 Å². The fourth-order valence-corrected chi connectivity index (χ4v) is 0.187. The standard InChI is InChI=1S/C4H10O2.2C3H6.C2H6O2/c1-4(6)2-3-5;2*1-3-2;3-1-2-4/h4-6H,2-3H2,1H3;2*3H,1H2,2H3;3-4H,1-2H2. The minimum atomic E-state index is -0.352. The summed E-state index contributed by atoms with van der Waals surface area (Å²) in [7, 11) is 0. The Kier molecular flexibility index (Phi) is 56.2. The van der Waals surface area contributed by atoms with Crippen LogP contribution in [0.4, 0.5) is 0 Å². The maximum atomic E-state index is 8.39. The first-order chi connectivity index (χ1) is 7.51. The monoisotopic (exact) mass is 236 g/mol. The highest BCUT2D eigenvalue weighted by atomic mass is 16.3. The maximum Gasteiger partial charge on any atom is 0.0662 e. The summed E-state index contributed by atoms with van der Waals surface area (Å²) in [5, 5.41) is 31.7. The van der Waals surface area contributed by atoms with Gasteiger partial charge in [-0.25, -0.2) is 0 Å². The summed E-state index contributed by atoms with van der Waals surface area (Å²) in [6, 6.07) is 0. The molecular formula is C12H28O4. The molecule has 0 saturated carbocycles. The third-order valence-corrected chi connectivity index (χ3v) is 0.647. The van der Waals surface area contributed by atoms with Crippen molar-refractivity contribution in [2.75, 3.05) is 19.8 Å². The molecular weight excluding hydrogens is 208 g/mol. The first-order valence-corrected chi connectivity index (χ1v) is 5.16. The molecule has 100 valence electrons. The zero-order chi connectivity index (χ0) is 13.8. The molecule has 4 heteroatoms. The Morgan fingerprint density at radius 3 is 1.19 bits per heavy atom. The second-order valence-electron chi connectivity index (χ2n) is 2.63. The van der Waals surface area contributed by atoms with Gasteiger partial charge in [0.2, 0.25) is 0 Å². The van der Waals surface area contributed by atoms with Crippen molar-refractivity contribution < 1.29 is 20.4 Å². The fraction of sp³-hybridized carbons (Fsp3) is 0.667. The lowest BCUT2D eigenvalue weighted by molar-refractivity contribution is 0.148. The quantitative estimate of drug-likeness (QED) is 0.553. The molecule has 1 unspecified atom stereocenters. The average Bonchev–Trinajstić information content (AvgIpc) is 2.20. The molecule has 0 amide bonds. The van der Waals surface area contributed by atoms with Crippen LogP contribution in [0.3, 0.4) is 0 Å². The molecule has 0 radical (unpaired) electrons. The molecule has 4 N–H and O–H groups in total. The van der Waals surface area contributed by atoms with Crippen molar-refractivity contribution in [3.63, 3.8) is 0 Å². The smallest absolute Gasteiger partial charge is 0.0662 e. The normalized spacial score (nSPS) is 8.94. The summed E-state index contributed by atoms with van der Waals surface area (Å²) in [5.74, 6) is 0. The minimum Gasteiger partial charge on any atom is -0.396 e. The van der Waals surface area contributed by atoms with E-state index in [2.05, 4.69) is 13.2 Å². The Bertz CT molecular complexity index is 95.2. The molecule has 0 heterocycles. The van der Waals surface area contributed by atoms with Crippen LogP contribution in [0.5, 0.6) is 0 Å². The molecule has 0 aliphatic carbocycles. The summed E-state index contributed by atoms with van der Waals surface area (Å²) in [6.07, 6.45) is 3.63. The average molecular weight is 236 g/mol. The summed E-state index contributed by atoms with van der Waals surface area (Å²) in [6.45, 7) is 12.0. The third kappa shape index (κ3) is 183. The lowest BCUT2D eigenvalue weighted by Gasteiger charge is -1.95. The first kappa shape index (κ1) is 24.5. The van der Waals surface area contributed by atoms with Crippen molar-refractivity contribution in [3.05, 3.63) is 25.3 Å². The van der Waals surface area contributed by atoms with E-state index in [1.165, 1.54) is 0 Å². The number of aliphatic hydroxyl groups excluding tert-OH is 4. The van der Waals surface area contributed by atoms with E-state index in [9.17, 15) is 0 Å². The van der Waals surface area contributed by atoms with Gasteiger partial charge < -0.3 is 20.4 Å². The van der Waals surface area contributed by atoms with E-state index in [-0.39, 0.29) is 25.9 Å². The lowest BCUT2D eigenvalue weighted by Crippen LogP contribution is -2.00. The molecule has 0 bridgehead atoms. The van der Waals surface area contributed by atoms with Gasteiger partial charge in [-0.1, -0.05) is 12.2 Å². The van der Waals surface area contributed by atoms with Crippen LogP contribution in [0.2, 0.25) is 0 Å². The number of aliphatic hydroxyl groups is 4. The Balaban J connectivity index is -0.0000000635. The van der Waals surface area contributed by atoms with Crippen molar-refractivity contribution >= 4 is 0 Å². The summed E-state index contributed by atoms with van der Waals surface area (Å²) in [4.78, 5) is 0. The number of rotatable bonds is 3. The second-order valence-corrected chi connectivity index (χ2v) is 2.63. The van der Waals surface area contributed by atoms with Crippen LogP contribution in [0.25, 0.3) is 0 Å². The molecule has 0 fully saturated rings.